The zero-order valence-corrected chi connectivity index (χ0v) is 12.9. The summed E-state index contributed by atoms with van der Waals surface area (Å²) in [5.74, 6) is -1.36. The van der Waals surface area contributed by atoms with Crippen molar-refractivity contribution in [3.8, 4) is 5.75 Å². The number of methoxy groups -OCH3 is 1. The van der Waals surface area contributed by atoms with Crippen LogP contribution in [0.15, 0.2) is 30.3 Å². The molecule has 1 rings (SSSR count). The largest absolute Gasteiger partial charge is 0.479 e. The normalized spacial score (nSPS) is 11.1. The first-order valence-corrected chi connectivity index (χ1v) is 6.29. The molecule has 0 saturated carbocycles. The molecule has 0 heterocycles. The number of carboxylic acids is 2. The van der Waals surface area contributed by atoms with Gasteiger partial charge in [0.15, 0.2) is 11.2 Å². The summed E-state index contributed by atoms with van der Waals surface area (Å²) >= 11 is 0. The van der Waals surface area contributed by atoms with Crippen LogP contribution in [0, 0.1) is 0 Å². The van der Waals surface area contributed by atoms with Gasteiger partial charge in [-0.25, -0.2) is 9.59 Å². The van der Waals surface area contributed by atoms with Gasteiger partial charge >= 0.3 is 11.9 Å². The van der Waals surface area contributed by atoms with Crippen LogP contribution < -0.4 is 4.74 Å². The third-order valence-corrected chi connectivity index (χ3v) is 2.66. The Balaban J connectivity index is 0.000000433. The molecule has 0 amide bonds. The highest BCUT2D eigenvalue weighted by atomic mass is 16.5. The third kappa shape index (κ3) is 6.76. The molecule has 0 bridgehead atoms. The first kappa shape index (κ1) is 18.9. The molecule has 0 aliphatic rings. The van der Waals surface area contributed by atoms with E-state index < -0.39 is 23.1 Å². The number of hydrogen-bond acceptors (Lipinski definition) is 4. The maximum Gasteiger partial charge on any atom is 0.347 e. The fraction of sp³-hybridized carbons (Fsp3) is 0.467. The quantitative estimate of drug-likeness (QED) is 0.867. The second-order valence-electron chi connectivity index (χ2n) is 5.25. The first-order chi connectivity index (χ1) is 9.53. The second-order valence-corrected chi connectivity index (χ2v) is 5.25. The number of benzene rings is 1. The maximum absolute atomic E-state index is 10.7. The van der Waals surface area contributed by atoms with Crippen molar-refractivity contribution in [3.63, 3.8) is 0 Å². The molecule has 0 aliphatic carbocycles. The molecular weight excluding hydrogens is 276 g/mol. The van der Waals surface area contributed by atoms with Crippen molar-refractivity contribution < 1.29 is 29.3 Å². The lowest BCUT2D eigenvalue weighted by Gasteiger charge is -2.21. The first-order valence-electron chi connectivity index (χ1n) is 6.29. The molecule has 0 fully saturated rings. The van der Waals surface area contributed by atoms with E-state index >= 15 is 0 Å². The number of ether oxygens (including phenoxy) is 2. The van der Waals surface area contributed by atoms with Crippen molar-refractivity contribution in [3.05, 3.63) is 30.3 Å². The Morgan fingerprint density at radius 1 is 0.905 bits per heavy atom. The number of hydrogen-bond donors (Lipinski definition) is 2. The topological polar surface area (TPSA) is 93.1 Å². The van der Waals surface area contributed by atoms with Gasteiger partial charge in [0.1, 0.15) is 5.75 Å². The maximum atomic E-state index is 10.7. The molecule has 0 saturated heterocycles. The molecule has 2 N–H and O–H groups in total. The summed E-state index contributed by atoms with van der Waals surface area (Å²) in [7, 11) is 1.37. The van der Waals surface area contributed by atoms with Crippen LogP contribution >= 0.6 is 0 Å². The van der Waals surface area contributed by atoms with Gasteiger partial charge in [0, 0.05) is 7.11 Å². The Hall–Kier alpha value is -2.08. The average molecular weight is 298 g/mol. The highest BCUT2D eigenvalue weighted by molar-refractivity contribution is 5.76. The van der Waals surface area contributed by atoms with Crippen LogP contribution in [0.4, 0.5) is 0 Å². The highest BCUT2D eigenvalue weighted by Gasteiger charge is 2.29. The van der Waals surface area contributed by atoms with Crippen molar-refractivity contribution in [2.45, 2.75) is 38.9 Å². The molecule has 1 aromatic rings. The Morgan fingerprint density at radius 3 is 1.62 bits per heavy atom. The third-order valence-electron chi connectivity index (χ3n) is 2.66. The summed E-state index contributed by atoms with van der Waals surface area (Å²) < 4.78 is 9.86. The van der Waals surface area contributed by atoms with Crippen molar-refractivity contribution in [2.24, 2.45) is 0 Å². The Kier molecular flexibility index (Phi) is 6.88. The summed E-state index contributed by atoms with van der Waals surface area (Å²) in [5, 5.41) is 17.1. The van der Waals surface area contributed by atoms with E-state index in [1.807, 2.05) is 6.07 Å². The zero-order valence-electron chi connectivity index (χ0n) is 12.9. The molecule has 0 radical (unpaired) electrons. The predicted molar refractivity (Wildman–Crippen MR) is 77.5 cm³/mol. The smallest absolute Gasteiger partial charge is 0.347 e. The van der Waals surface area contributed by atoms with Crippen LogP contribution in [0.3, 0.4) is 0 Å². The summed E-state index contributed by atoms with van der Waals surface area (Å²) in [6.45, 7) is 6.02. The molecule has 6 nitrogen and oxygen atoms in total. The van der Waals surface area contributed by atoms with E-state index in [0.717, 1.165) is 0 Å². The molecule has 0 unspecified atom stereocenters. The van der Waals surface area contributed by atoms with Crippen LogP contribution in [0.5, 0.6) is 5.75 Å². The van der Waals surface area contributed by atoms with Gasteiger partial charge in [-0.3, -0.25) is 0 Å². The number of rotatable bonds is 5. The fourth-order valence-corrected chi connectivity index (χ4v) is 0.914. The van der Waals surface area contributed by atoms with Crippen LogP contribution in [0.25, 0.3) is 0 Å². The van der Waals surface area contributed by atoms with Gasteiger partial charge in [-0.2, -0.15) is 0 Å². The predicted octanol–water partition coefficient (Wildman–Crippen LogP) is 2.42. The van der Waals surface area contributed by atoms with E-state index in [4.69, 9.17) is 14.9 Å². The minimum absolute atomic E-state index is 0.565. The van der Waals surface area contributed by atoms with Gasteiger partial charge in [0.25, 0.3) is 0 Å². The lowest BCUT2D eigenvalue weighted by Crippen LogP contribution is -2.37. The van der Waals surface area contributed by atoms with Crippen LogP contribution in [-0.4, -0.2) is 40.5 Å². The Bertz CT molecular complexity index is 464. The zero-order chi connectivity index (χ0) is 16.7. The molecular formula is C15H22O6. The van der Waals surface area contributed by atoms with Gasteiger partial charge in [-0.1, -0.05) is 18.2 Å². The monoisotopic (exact) mass is 298 g/mol. The number of para-hydroxylation sites is 1. The molecule has 0 aromatic heterocycles. The van der Waals surface area contributed by atoms with Crippen LogP contribution in [0.2, 0.25) is 0 Å². The molecule has 1 aromatic carbocycles. The Morgan fingerprint density at radius 2 is 1.33 bits per heavy atom. The SMILES string of the molecule is CC(C)(Oc1ccccc1)C(=O)O.COC(C)(C)C(=O)O. The summed E-state index contributed by atoms with van der Waals surface area (Å²) in [6, 6.07) is 8.90. The lowest BCUT2D eigenvalue weighted by atomic mass is 10.1. The van der Waals surface area contributed by atoms with Gasteiger partial charge < -0.3 is 19.7 Å². The minimum Gasteiger partial charge on any atom is -0.479 e. The summed E-state index contributed by atoms with van der Waals surface area (Å²) in [5.41, 5.74) is -2.22. The summed E-state index contributed by atoms with van der Waals surface area (Å²) in [4.78, 5) is 20.8. The highest BCUT2D eigenvalue weighted by Crippen LogP contribution is 2.17. The van der Waals surface area contributed by atoms with E-state index in [9.17, 15) is 9.59 Å². The molecule has 0 aliphatic heterocycles. The van der Waals surface area contributed by atoms with Gasteiger partial charge in [0.05, 0.1) is 0 Å². The van der Waals surface area contributed by atoms with E-state index in [0.29, 0.717) is 5.75 Å². The van der Waals surface area contributed by atoms with Crippen LogP contribution in [-0.2, 0) is 14.3 Å². The molecule has 118 valence electrons. The average Bonchev–Trinajstić information content (AvgIpc) is 2.39. The molecule has 0 spiro atoms. The van der Waals surface area contributed by atoms with E-state index in [2.05, 4.69) is 4.74 Å². The van der Waals surface area contributed by atoms with Crippen molar-refractivity contribution in [1.82, 2.24) is 0 Å². The number of carbonyl (C=O) groups is 2. The standard InChI is InChI=1S/C10H12O3.C5H10O3/c1-10(2,9(11)12)13-8-6-4-3-5-7-8;1-5(2,8-3)4(6)7/h3-7H,1-2H3,(H,11,12);1-3H3,(H,6,7). The fourth-order valence-electron chi connectivity index (χ4n) is 0.914. The Labute approximate surface area is 124 Å². The van der Waals surface area contributed by atoms with Crippen LogP contribution in [0.1, 0.15) is 27.7 Å². The van der Waals surface area contributed by atoms with E-state index in [-0.39, 0.29) is 0 Å². The van der Waals surface area contributed by atoms with Gasteiger partial charge in [-0.15, -0.1) is 0 Å². The van der Waals surface area contributed by atoms with Gasteiger partial charge in [0.2, 0.25) is 0 Å². The van der Waals surface area contributed by atoms with Crippen molar-refractivity contribution in [1.29, 1.82) is 0 Å². The molecule has 0 atom stereocenters. The number of aliphatic carboxylic acids is 2. The second kappa shape index (κ2) is 7.64. The van der Waals surface area contributed by atoms with Crippen molar-refractivity contribution in [2.75, 3.05) is 7.11 Å². The molecule has 6 heteroatoms. The lowest BCUT2D eigenvalue weighted by molar-refractivity contribution is -0.157. The van der Waals surface area contributed by atoms with Gasteiger partial charge in [-0.05, 0) is 39.8 Å². The molecule has 21 heavy (non-hydrogen) atoms. The minimum atomic E-state index is -1.18. The van der Waals surface area contributed by atoms with E-state index in [1.165, 1.54) is 34.8 Å². The summed E-state index contributed by atoms with van der Waals surface area (Å²) in [6.07, 6.45) is 0. The van der Waals surface area contributed by atoms with Crippen molar-refractivity contribution >= 4 is 11.9 Å². The number of carboxylic acid groups (broad SMARTS) is 2. The van der Waals surface area contributed by atoms with E-state index in [1.54, 1.807) is 24.3 Å².